The SMILES string of the molecule is CCN(CCC#N)c1ccc(N)cc1I. The van der Waals surface area contributed by atoms with Crippen molar-refractivity contribution in [3.63, 3.8) is 0 Å². The van der Waals surface area contributed by atoms with Crippen LogP contribution in [0.3, 0.4) is 0 Å². The average molecular weight is 315 g/mol. The zero-order valence-corrected chi connectivity index (χ0v) is 10.9. The van der Waals surface area contributed by atoms with Crippen LogP contribution in [-0.2, 0) is 0 Å². The van der Waals surface area contributed by atoms with Crippen LogP contribution >= 0.6 is 22.6 Å². The van der Waals surface area contributed by atoms with E-state index in [9.17, 15) is 0 Å². The summed E-state index contributed by atoms with van der Waals surface area (Å²) in [6.07, 6.45) is 0.550. The summed E-state index contributed by atoms with van der Waals surface area (Å²) in [5.74, 6) is 0. The van der Waals surface area contributed by atoms with E-state index < -0.39 is 0 Å². The monoisotopic (exact) mass is 315 g/mol. The first-order valence-electron chi connectivity index (χ1n) is 4.86. The van der Waals surface area contributed by atoms with E-state index in [0.29, 0.717) is 6.42 Å². The van der Waals surface area contributed by atoms with Crippen LogP contribution in [-0.4, -0.2) is 13.1 Å². The van der Waals surface area contributed by atoms with E-state index in [2.05, 4.69) is 40.5 Å². The number of benzene rings is 1. The van der Waals surface area contributed by atoms with Gasteiger partial charge in [-0.3, -0.25) is 0 Å². The molecule has 1 rings (SSSR count). The number of anilines is 2. The van der Waals surface area contributed by atoms with Gasteiger partial charge in [0.05, 0.1) is 18.2 Å². The molecule has 0 spiro atoms. The fourth-order valence-corrected chi connectivity index (χ4v) is 2.29. The van der Waals surface area contributed by atoms with Crippen LogP contribution < -0.4 is 10.6 Å². The van der Waals surface area contributed by atoms with Gasteiger partial charge >= 0.3 is 0 Å². The minimum Gasteiger partial charge on any atom is -0.399 e. The third-order valence-electron chi connectivity index (χ3n) is 2.19. The fraction of sp³-hybridized carbons (Fsp3) is 0.364. The molecule has 0 unspecified atom stereocenters. The number of rotatable bonds is 4. The maximum Gasteiger partial charge on any atom is 0.0640 e. The van der Waals surface area contributed by atoms with Gasteiger partial charge in [-0.2, -0.15) is 5.26 Å². The summed E-state index contributed by atoms with van der Waals surface area (Å²) >= 11 is 2.27. The quantitative estimate of drug-likeness (QED) is 0.686. The second kappa shape index (κ2) is 5.81. The molecule has 0 fully saturated rings. The molecule has 1 aromatic rings. The van der Waals surface area contributed by atoms with Crippen molar-refractivity contribution in [1.82, 2.24) is 0 Å². The van der Waals surface area contributed by atoms with Crippen molar-refractivity contribution in [1.29, 1.82) is 5.26 Å². The summed E-state index contributed by atoms with van der Waals surface area (Å²) in [7, 11) is 0. The lowest BCUT2D eigenvalue weighted by molar-refractivity contribution is 0.825. The van der Waals surface area contributed by atoms with Crippen molar-refractivity contribution in [3.05, 3.63) is 21.8 Å². The van der Waals surface area contributed by atoms with Crippen molar-refractivity contribution in [2.24, 2.45) is 0 Å². The fourth-order valence-electron chi connectivity index (χ4n) is 1.41. The van der Waals surface area contributed by atoms with Gasteiger partial charge in [-0.05, 0) is 47.7 Å². The van der Waals surface area contributed by atoms with Gasteiger partial charge in [-0.1, -0.05) is 0 Å². The molecule has 0 radical (unpaired) electrons. The summed E-state index contributed by atoms with van der Waals surface area (Å²) in [6.45, 7) is 3.76. The molecule has 0 atom stereocenters. The predicted molar refractivity (Wildman–Crippen MR) is 71.7 cm³/mol. The Kier molecular flexibility index (Phi) is 4.69. The molecule has 1 aromatic carbocycles. The summed E-state index contributed by atoms with van der Waals surface area (Å²) in [5, 5.41) is 8.57. The van der Waals surface area contributed by atoms with E-state index in [1.165, 1.54) is 0 Å². The number of nitrogen functional groups attached to an aromatic ring is 1. The van der Waals surface area contributed by atoms with Gasteiger partial charge in [-0.25, -0.2) is 0 Å². The maximum atomic E-state index is 8.57. The zero-order valence-electron chi connectivity index (χ0n) is 8.70. The van der Waals surface area contributed by atoms with E-state index in [1.807, 2.05) is 18.2 Å². The van der Waals surface area contributed by atoms with Gasteiger partial charge in [0.2, 0.25) is 0 Å². The lowest BCUT2D eigenvalue weighted by atomic mass is 10.2. The van der Waals surface area contributed by atoms with Crippen LogP contribution in [0.2, 0.25) is 0 Å². The van der Waals surface area contributed by atoms with E-state index in [-0.39, 0.29) is 0 Å². The molecule has 0 aliphatic rings. The molecule has 15 heavy (non-hydrogen) atoms. The summed E-state index contributed by atoms with van der Waals surface area (Å²) in [4.78, 5) is 2.18. The van der Waals surface area contributed by atoms with Crippen LogP contribution in [0.15, 0.2) is 18.2 Å². The highest BCUT2D eigenvalue weighted by molar-refractivity contribution is 14.1. The minimum atomic E-state index is 0.550. The molecule has 80 valence electrons. The van der Waals surface area contributed by atoms with Crippen molar-refractivity contribution >= 4 is 34.0 Å². The molecule has 3 nitrogen and oxygen atoms in total. The lowest BCUT2D eigenvalue weighted by Gasteiger charge is -2.23. The lowest BCUT2D eigenvalue weighted by Crippen LogP contribution is -2.24. The van der Waals surface area contributed by atoms with Gasteiger partial charge in [0.25, 0.3) is 0 Å². The number of hydrogen-bond donors (Lipinski definition) is 1. The molecule has 0 saturated heterocycles. The molecule has 2 N–H and O–H groups in total. The Hall–Kier alpha value is -0.960. The number of hydrogen-bond acceptors (Lipinski definition) is 3. The Bertz CT molecular complexity index is 371. The molecule has 0 saturated carbocycles. The largest absolute Gasteiger partial charge is 0.399 e. The smallest absolute Gasteiger partial charge is 0.0640 e. The second-order valence-electron chi connectivity index (χ2n) is 3.20. The van der Waals surface area contributed by atoms with Crippen LogP contribution in [0, 0.1) is 14.9 Å². The Labute approximate surface area is 104 Å². The third-order valence-corrected chi connectivity index (χ3v) is 3.05. The molecule has 0 amide bonds. The Balaban J connectivity index is 2.87. The van der Waals surface area contributed by atoms with E-state index in [4.69, 9.17) is 11.0 Å². The summed E-state index contributed by atoms with van der Waals surface area (Å²) < 4.78 is 1.13. The topological polar surface area (TPSA) is 53.0 Å². The number of halogens is 1. The van der Waals surface area contributed by atoms with E-state index >= 15 is 0 Å². The summed E-state index contributed by atoms with van der Waals surface area (Å²) in [5.41, 5.74) is 7.63. The second-order valence-corrected chi connectivity index (χ2v) is 4.36. The Morgan fingerprint density at radius 1 is 1.53 bits per heavy atom. The van der Waals surface area contributed by atoms with Crippen LogP contribution in [0.4, 0.5) is 11.4 Å². The van der Waals surface area contributed by atoms with Crippen LogP contribution in [0.5, 0.6) is 0 Å². The number of nitriles is 1. The number of nitrogens with two attached hydrogens (primary N) is 1. The highest BCUT2D eigenvalue weighted by Crippen LogP contribution is 2.24. The van der Waals surface area contributed by atoms with Gasteiger partial charge in [0.1, 0.15) is 0 Å². The van der Waals surface area contributed by atoms with Gasteiger partial charge < -0.3 is 10.6 Å². The zero-order chi connectivity index (χ0) is 11.3. The van der Waals surface area contributed by atoms with Gasteiger partial charge in [0.15, 0.2) is 0 Å². The van der Waals surface area contributed by atoms with Gasteiger partial charge in [-0.15, -0.1) is 0 Å². The van der Waals surface area contributed by atoms with Crippen molar-refractivity contribution in [2.75, 3.05) is 23.7 Å². The van der Waals surface area contributed by atoms with E-state index in [1.54, 1.807) is 0 Å². The highest BCUT2D eigenvalue weighted by Gasteiger charge is 2.07. The molecular weight excluding hydrogens is 301 g/mol. The first-order chi connectivity index (χ1) is 7.19. The molecule has 4 heteroatoms. The molecular formula is C11H14IN3. The standard InChI is InChI=1S/C11H14IN3/c1-2-15(7-3-6-13)11-5-4-9(14)8-10(11)12/h4-5,8H,2-3,7,14H2,1H3. The van der Waals surface area contributed by atoms with Crippen LogP contribution in [0.25, 0.3) is 0 Å². The predicted octanol–water partition coefficient (Wildman–Crippen LogP) is 2.61. The Morgan fingerprint density at radius 2 is 2.27 bits per heavy atom. The Morgan fingerprint density at radius 3 is 2.80 bits per heavy atom. The minimum absolute atomic E-state index is 0.550. The molecule has 0 aromatic heterocycles. The molecule has 0 aliphatic heterocycles. The van der Waals surface area contributed by atoms with Crippen molar-refractivity contribution < 1.29 is 0 Å². The first kappa shape index (κ1) is 12.1. The number of nitrogens with zero attached hydrogens (tertiary/aromatic N) is 2. The molecule has 0 bridgehead atoms. The molecule has 0 heterocycles. The van der Waals surface area contributed by atoms with Crippen molar-refractivity contribution in [3.8, 4) is 6.07 Å². The average Bonchev–Trinajstić information content (AvgIpc) is 2.21. The van der Waals surface area contributed by atoms with E-state index in [0.717, 1.165) is 28.0 Å². The normalized spacial score (nSPS) is 9.67. The first-order valence-corrected chi connectivity index (χ1v) is 5.93. The van der Waals surface area contributed by atoms with Crippen LogP contribution in [0.1, 0.15) is 13.3 Å². The third kappa shape index (κ3) is 3.27. The summed E-state index contributed by atoms with van der Waals surface area (Å²) in [6, 6.07) is 8.02. The maximum absolute atomic E-state index is 8.57. The van der Waals surface area contributed by atoms with Gasteiger partial charge in [0, 0.05) is 22.3 Å². The van der Waals surface area contributed by atoms with Crippen molar-refractivity contribution in [2.45, 2.75) is 13.3 Å². The molecule has 0 aliphatic carbocycles. The highest BCUT2D eigenvalue weighted by atomic mass is 127.